The van der Waals surface area contributed by atoms with Crippen molar-refractivity contribution in [2.24, 2.45) is 11.3 Å². The molecule has 1 fully saturated rings. The van der Waals surface area contributed by atoms with Gasteiger partial charge in [-0.05, 0) is 44.4 Å². The van der Waals surface area contributed by atoms with E-state index in [9.17, 15) is 9.90 Å². The van der Waals surface area contributed by atoms with Crippen LogP contribution in [0.4, 0.5) is 0 Å². The zero-order valence-corrected chi connectivity index (χ0v) is 12.3. The Bertz CT molecular complexity index is 257. The molecule has 1 saturated carbocycles. The molecule has 0 atom stereocenters. The van der Waals surface area contributed by atoms with Crippen molar-refractivity contribution in [1.29, 1.82) is 0 Å². The van der Waals surface area contributed by atoms with Crippen molar-refractivity contribution in [1.82, 2.24) is 0 Å². The SMILES string of the molecule is CCC1CCC(CCOCCCOC)(C(=O)O)CC1. The molecule has 1 aliphatic carbocycles. The van der Waals surface area contributed by atoms with E-state index in [1.54, 1.807) is 7.11 Å². The fourth-order valence-corrected chi connectivity index (χ4v) is 2.88. The van der Waals surface area contributed by atoms with E-state index in [0.29, 0.717) is 26.2 Å². The van der Waals surface area contributed by atoms with Crippen LogP contribution in [-0.2, 0) is 14.3 Å². The largest absolute Gasteiger partial charge is 0.481 e. The Hall–Kier alpha value is -0.610. The second kappa shape index (κ2) is 8.54. The minimum Gasteiger partial charge on any atom is -0.481 e. The third kappa shape index (κ3) is 5.11. The molecule has 0 heterocycles. The van der Waals surface area contributed by atoms with Crippen LogP contribution in [0.1, 0.15) is 51.9 Å². The molecule has 1 N–H and O–H groups in total. The second-order valence-corrected chi connectivity index (χ2v) is 5.65. The summed E-state index contributed by atoms with van der Waals surface area (Å²) in [6.07, 6.45) is 6.40. The molecule has 0 spiro atoms. The first-order valence-electron chi connectivity index (χ1n) is 7.44. The van der Waals surface area contributed by atoms with Crippen LogP contribution in [0.15, 0.2) is 0 Å². The smallest absolute Gasteiger partial charge is 0.309 e. The molecular formula is C15H28O4. The summed E-state index contributed by atoms with van der Waals surface area (Å²) in [5.41, 5.74) is -0.535. The van der Waals surface area contributed by atoms with Crippen molar-refractivity contribution < 1.29 is 19.4 Å². The van der Waals surface area contributed by atoms with Gasteiger partial charge in [0.2, 0.25) is 0 Å². The highest BCUT2D eigenvalue weighted by Crippen LogP contribution is 2.42. The number of carbonyl (C=O) groups is 1. The van der Waals surface area contributed by atoms with E-state index < -0.39 is 11.4 Å². The Morgan fingerprint density at radius 2 is 1.95 bits per heavy atom. The lowest BCUT2D eigenvalue weighted by Gasteiger charge is -2.36. The lowest BCUT2D eigenvalue weighted by molar-refractivity contribution is -0.153. The predicted octanol–water partition coefficient (Wildman–Crippen LogP) is 3.10. The topological polar surface area (TPSA) is 55.8 Å². The number of hydrogen-bond donors (Lipinski definition) is 1. The van der Waals surface area contributed by atoms with E-state index in [1.165, 1.54) is 6.42 Å². The average Bonchev–Trinajstić information content (AvgIpc) is 2.43. The van der Waals surface area contributed by atoms with Crippen LogP contribution in [0.3, 0.4) is 0 Å². The van der Waals surface area contributed by atoms with Gasteiger partial charge in [0.15, 0.2) is 0 Å². The van der Waals surface area contributed by atoms with Crippen molar-refractivity contribution in [2.45, 2.75) is 51.9 Å². The number of ether oxygens (including phenoxy) is 2. The number of carboxylic acids is 1. The van der Waals surface area contributed by atoms with Crippen LogP contribution in [0.5, 0.6) is 0 Å². The zero-order valence-electron chi connectivity index (χ0n) is 12.3. The molecule has 0 aromatic heterocycles. The molecule has 1 aliphatic rings. The summed E-state index contributed by atoms with van der Waals surface area (Å²) in [4.78, 5) is 11.6. The molecule has 1 rings (SSSR count). The van der Waals surface area contributed by atoms with Crippen LogP contribution in [0, 0.1) is 11.3 Å². The van der Waals surface area contributed by atoms with Gasteiger partial charge in [-0.3, -0.25) is 4.79 Å². The van der Waals surface area contributed by atoms with Gasteiger partial charge in [-0.15, -0.1) is 0 Å². The predicted molar refractivity (Wildman–Crippen MR) is 74.2 cm³/mol. The molecule has 0 saturated heterocycles. The van der Waals surface area contributed by atoms with Gasteiger partial charge in [-0.2, -0.15) is 0 Å². The van der Waals surface area contributed by atoms with Gasteiger partial charge in [0.1, 0.15) is 0 Å². The summed E-state index contributed by atoms with van der Waals surface area (Å²) < 4.78 is 10.5. The van der Waals surface area contributed by atoms with Crippen molar-refractivity contribution in [3.8, 4) is 0 Å². The molecule has 0 bridgehead atoms. The Labute approximate surface area is 116 Å². The number of carboxylic acid groups (broad SMARTS) is 1. The number of rotatable bonds is 9. The van der Waals surface area contributed by atoms with E-state index in [1.807, 2.05) is 0 Å². The average molecular weight is 272 g/mol. The van der Waals surface area contributed by atoms with Gasteiger partial charge in [-0.1, -0.05) is 13.3 Å². The van der Waals surface area contributed by atoms with Crippen LogP contribution < -0.4 is 0 Å². The number of aliphatic carboxylic acids is 1. The van der Waals surface area contributed by atoms with Crippen LogP contribution in [0.25, 0.3) is 0 Å². The molecule has 0 aromatic rings. The molecular weight excluding hydrogens is 244 g/mol. The molecule has 0 aliphatic heterocycles. The maximum Gasteiger partial charge on any atom is 0.309 e. The first-order chi connectivity index (χ1) is 9.14. The minimum absolute atomic E-state index is 0.535. The maximum atomic E-state index is 11.6. The van der Waals surface area contributed by atoms with E-state index >= 15 is 0 Å². The summed E-state index contributed by atoms with van der Waals surface area (Å²) in [5, 5.41) is 9.51. The van der Waals surface area contributed by atoms with Crippen molar-refractivity contribution in [2.75, 3.05) is 26.9 Å². The molecule has 4 nitrogen and oxygen atoms in total. The summed E-state index contributed by atoms with van der Waals surface area (Å²) in [5.74, 6) is 0.0811. The minimum atomic E-state index is -0.637. The standard InChI is InChI=1S/C15H28O4/c1-3-13-5-7-15(8-6-13,14(16)17)9-12-19-11-4-10-18-2/h13H,3-12H2,1-2H3,(H,16,17). The van der Waals surface area contributed by atoms with Gasteiger partial charge < -0.3 is 14.6 Å². The highest BCUT2D eigenvalue weighted by atomic mass is 16.5. The molecule has 19 heavy (non-hydrogen) atoms. The first kappa shape index (κ1) is 16.4. The molecule has 4 heteroatoms. The van der Waals surface area contributed by atoms with Crippen molar-refractivity contribution in [3.05, 3.63) is 0 Å². The van der Waals surface area contributed by atoms with E-state index in [2.05, 4.69) is 6.92 Å². The van der Waals surface area contributed by atoms with Crippen LogP contribution in [0.2, 0.25) is 0 Å². The normalized spacial score (nSPS) is 27.4. The Balaban J connectivity index is 2.31. The van der Waals surface area contributed by atoms with Gasteiger partial charge in [0.25, 0.3) is 0 Å². The fourth-order valence-electron chi connectivity index (χ4n) is 2.88. The van der Waals surface area contributed by atoms with Crippen molar-refractivity contribution >= 4 is 5.97 Å². The molecule has 0 unspecified atom stereocenters. The first-order valence-corrected chi connectivity index (χ1v) is 7.44. The summed E-state index contributed by atoms with van der Waals surface area (Å²) in [6, 6.07) is 0. The summed E-state index contributed by atoms with van der Waals surface area (Å²) in [6.45, 7) is 4.09. The Kier molecular flexibility index (Phi) is 7.39. The Morgan fingerprint density at radius 3 is 2.47 bits per heavy atom. The molecule has 0 amide bonds. The van der Waals surface area contributed by atoms with Crippen molar-refractivity contribution in [3.63, 3.8) is 0 Å². The van der Waals surface area contributed by atoms with Crippen LogP contribution in [-0.4, -0.2) is 38.0 Å². The highest BCUT2D eigenvalue weighted by molar-refractivity contribution is 5.74. The second-order valence-electron chi connectivity index (χ2n) is 5.65. The van der Waals surface area contributed by atoms with Gasteiger partial charge in [0.05, 0.1) is 5.41 Å². The van der Waals surface area contributed by atoms with Gasteiger partial charge in [-0.25, -0.2) is 0 Å². The van der Waals surface area contributed by atoms with Gasteiger partial charge >= 0.3 is 5.97 Å². The lowest BCUT2D eigenvalue weighted by Crippen LogP contribution is -2.36. The van der Waals surface area contributed by atoms with E-state index in [4.69, 9.17) is 9.47 Å². The molecule has 0 aromatic carbocycles. The number of methoxy groups -OCH3 is 1. The van der Waals surface area contributed by atoms with E-state index in [-0.39, 0.29) is 0 Å². The lowest BCUT2D eigenvalue weighted by atomic mass is 9.68. The third-order valence-corrected chi connectivity index (χ3v) is 4.46. The molecule has 0 radical (unpaired) electrons. The Morgan fingerprint density at radius 1 is 1.26 bits per heavy atom. The maximum absolute atomic E-state index is 11.6. The van der Waals surface area contributed by atoms with Gasteiger partial charge in [0, 0.05) is 26.9 Å². The van der Waals surface area contributed by atoms with Crippen LogP contribution >= 0.6 is 0 Å². The number of hydrogen-bond acceptors (Lipinski definition) is 3. The fraction of sp³-hybridized carbons (Fsp3) is 0.933. The summed E-state index contributed by atoms with van der Waals surface area (Å²) in [7, 11) is 1.67. The quantitative estimate of drug-likeness (QED) is 0.655. The molecule has 112 valence electrons. The third-order valence-electron chi connectivity index (χ3n) is 4.46. The zero-order chi connectivity index (χ0) is 14.1. The monoisotopic (exact) mass is 272 g/mol. The summed E-state index contributed by atoms with van der Waals surface area (Å²) >= 11 is 0. The van der Waals surface area contributed by atoms with E-state index in [0.717, 1.165) is 38.0 Å². The highest BCUT2D eigenvalue weighted by Gasteiger charge is 2.41.